The normalized spacial score (nSPS) is 13.3. The molecular weight excluding hydrogens is 378 g/mol. The van der Waals surface area contributed by atoms with Crippen molar-refractivity contribution in [2.75, 3.05) is 6.61 Å². The molecule has 0 spiro atoms. The molecule has 6 nitrogen and oxygen atoms in total. The zero-order valence-corrected chi connectivity index (χ0v) is 16.7. The molecular formula is C24H23N3O3. The van der Waals surface area contributed by atoms with Crippen molar-refractivity contribution < 1.29 is 9.84 Å². The lowest BCUT2D eigenvalue weighted by atomic mass is 9.97. The average Bonchev–Trinajstić information content (AvgIpc) is 2.78. The fraction of sp³-hybridized carbons (Fsp3) is 0.208. The van der Waals surface area contributed by atoms with Crippen LogP contribution in [0.2, 0.25) is 0 Å². The predicted molar refractivity (Wildman–Crippen MR) is 115 cm³/mol. The highest BCUT2D eigenvalue weighted by molar-refractivity contribution is 5.76. The van der Waals surface area contributed by atoms with Gasteiger partial charge in [0.1, 0.15) is 11.6 Å². The number of benzene rings is 3. The molecule has 1 N–H and O–H groups in total. The molecule has 0 saturated heterocycles. The zero-order chi connectivity index (χ0) is 20.9. The van der Waals surface area contributed by atoms with Gasteiger partial charge in [-0.05, 0) is 35.7 Å². The third kappa shape index (κ3) is 4.30. The molecule has 0 amide bonds. The Kier molecular flexibility index (Phi) is 5.97. The maximum Gasteiger partial charge on any atom is 0.277 e. The largest absolute Gasteiger partial charge is 0.389 e. The van der Waals surface area contributed by atoms with Gasteiger partial charge in [0.2, 0.25) is 0 Å². The Morgan fingerprint density at radius 3 is 2.47 bits per heavy atom. The highest BCUT2D eigenvalue weighted by Crippen LogP contribution is 2.28. The van der Waals surface area contributed by atoms with Gasteiger partial charge in [0.05, 0.1) is 24.6 Å². The summed E-state index contributed by atoms with van der Waals surface area (Å²) < 4.78 is 7.33. The van der Waals surface area contributed by atoms with E-state index < -0.39 is 6.10 Å². The van der Waals surface area contributed by atoms with Crippen molar-refractivity contribution in [3.8, 4) is 0 Å². The Bertz CT molecular complexity index is 1190. The first-order valence-corrected chi connectivity index (χ1v) is 9.86. The predicted octanol–water partition coefficient (Wildman–Crippen LogP) is 3.27. The van der Waals surface area contributed by atoms with Crippen molar-refractivity contribution in [3.05, 3.63) is 106 Å². The van der Waals surface area contributed by atoms with Crippen LogP contribution in [-0.4, -0.2) is 32.8 Å². The Morgan fingerprint density at radius 2 is 1.67 bits per heavy atom. The third-order valence-corrected chi connectivity index (χ3v) is 5.04. The number of aryl methyl sites for hydroxylation is 1. The zero-order valence-electron chi connectivity index (χ0n) is 16.7. The highest BCUT2D eigenvalue weighted by atomic mass is 16.5. The summed E-state index contributed by atoms with van der Waals surface area (Å²) in [5.41, 5.74) is 3.41. The molecule has 4 aromatic rings. The lowest BCUT2D eigenvalue weighted by molar-refractivity contribution is -0.00288. The molecule has 0 fully saturated rings. The van der Waals surface area contributed by atoms with Crippen LogP contribution >= 0.6 is 0 Å². The van der Waals surface area contributed by atoms with Crippen LogP contribution < -0.4 is 5.56 Å². The van der Waals surface area contributed by atoms with Crippen LogP contribution in [0, 0.1) is 6.92 Å². The number of hydrogen-bond acceptors (Lipinski definition) is 5. The van der Waals surface area contributed by atoms with Crippen LogP contribution in [0.4, 0.5) is 0 Å². The molecule has 30 heavy (non-hydrogen) atoms. The van der Waals surface area contributed by atoms with Gasteiger partial charge in [0, 0.05) is 0 Å². The lowest BCUT2D eigenvalue weighted by Gasteiger charge is -2.22. The summed E-state index contributed by atoms with van der Waals surface area (Å²) in [6.45, 7) is 2.09. The van der Waals surface area contributed by atoms with Gasteiger partial charge in [-0.2, -0.15) is 0 Å². The number of fused-ring (bicyclic) bond motifs is 1. The van der Waals surface area contributed by atoms with Gasteiger partial charge in [-0.3, -0.25) is 4.79 Å². The van der Waals surface area contributed by atoms with Gasteiger partial charge >= 0.3 is 0 Å². The number of aliphatic hydroxyl groups excluding tert-OH is 1. The summed E-state index contributed by atoms with van der Waals surface area (Å²) in [4.78, 5) is 12.6. The van der Waals surface area contributed by atoms with E-state index in [9.17, 15) is 9.90 Å². The number of aliphatic hydroxyl groups is 1. The van der Waals surface area contributed by atoms with E-state index in [4.69, 9.17) is 4.74 Å². The van der Waals surface area contributed by atoms with E-state index in [1.165, 1.54) is 4.68 Å². The van der Waals surface area contributed by atoms with Gasteiger partial charge < -0.3 is 9.84 Å². The second-order valence-corrected chi connectivity index (χ2v) is 7.23. The van der Waals surface area contributed by atoms with E-state index in [1.807, 2.05) is 61.5 Å². The van der Waals surface area contributed by atoms with Gasteiger partial charge in [0.15, 0.2) is 0 Å². The second-order valence-electron chi connectivity index (χ2n) is 7.23. The van der Waals surface area contributed by atoms with E-state index >= 15 is 0 Å². The van der Waals surface area contributed by atoms with Gasteiger partial charge in [-0.15, -0.1) is 5.10 Å². The van der Waals surface area contributed by atoms with E-state index in [2.05, 4.69) is 10.3 Å². The first kappa shape index (κ1) is 19.9. The Hall–Kier alpha value is -3.35. The van der Waals surface area contributed by atoms with Crippen LogP contribution in [0.3, 0.4) is 0 Å². The number of hydrogen-bond donors (Lipinski definition) is 1. The van der Waals surface area contributed by atoms with Crippen LogP contribution in [0.15, 0.2) is 83.7 Å². The molecule has 0 aliphatic rings. The van der Waals surface area contributed by atoms with Crippen molar-refractivity contribution in [1.82, 2.24) is 15.0 Å². The maximum atomic E-state index is 12.6. The quantitative estimate of drug-likeness (QED) is 0.514. The molecule has 0 unspecified atom stereocenters. The summed E-state index contributed by atoms with van der Waals surface area (Å²) in [7, 11) is 0. The van der Waals surface area contributed by atoms with Crippen LogP contribution in [-0.2, 0) is 11.3 Å². The van der Waals surface area contributed by atoms with E-state index in [-0.39, 0.29) is 24.8 Å². The minimum Gasteiger partial charge on any atom is -0.389 e. The monoisotopic (exact) mass is 401 g/mol. The van der Waals surface area contributed by atoms with Crippen LogP contribution in [0.25, 0.3) is 10.9 Å². The summed E-state index contributed by atoms with van der Waals surface area (Å²) >= 11 is 0. The van der Waals surface area contributed by atoms with Crippen LogP contribution in [0.5, 0.6) is 0 Å². The number of nitrogens with zero attached hydrogens (tertiary/aromatic N) is 3. The van der Waals surface area contributed by atoms with Gasteiger partial charge in [0.25, 0.3) is 5.56 Å². The Labute approximate surface area is 174 Å². The van der Waals surface area contributed by atoms with Gasteiger partial charge in [-0.25, -0.2) is 4.68 Å². The smallest absolute Gasteiger partial charge is 0.277 e. The van der Waals surface area contributed by atoms with Crippen molar-refractivity contribution in [1.29, 1.82) is 0 Å². The number of aromatic nitrogens is 3. The van der Waals surface area contributed by atoms with E-state index in [0.717, 1.165) is 16.7 Å². The number of ether oxygens (including phenoxy) is 1. The topological polar surface area (TPSA) is 77.2 Å². The minimum absolute atomic E-state index is 0.00590. The van der Waals surface area contributed by atoms with Crippen molar-refractivity contribution in [2.45, 2.75) is 25.7 Å². The van der Waals surface area contributed by atoms with Crippen molar-refractivity contribution in [3.63, 3.8) is 0 Å². The molecule has 4 rings (SSSR count). The Balaban J connectivity index is 1.52. The van der Waals surface area contributed by atoms with Crippen molar-refractivity contribution in [2.24, 2.45) is 0 Å². The first-order chi connectivity index (χ1) is 14.6. The summed E-state index contributed by atoms with van der Waals surface area (Å²) in [5, 5.41) is 19.0. The molecule has 0 saturated carbocycles. The molecule has 0 aliphatic heterocycles. The fourth-order valence-electron chi connectivity index (χ4n) is 3.48. The van der Waals surface area contributed by atoms with E-state index in [0.29, 0.717) is 10.9 Å². The van der Waals surface area contributed by atoms with Crippen LogP contribution in [0.1, 0.15) is 22.8 Å². The molecule has 6 heteroatoms. The summed E-state index contributed by atoms with van der Waals surface area (Å²) in [6.07, 6.45) is -1.23. The van der Waals surface area contributed by atoms with Gasteiger partial charge in [-0.1, -0.05) is 71.9 Å². The maximum absolute atomic E-state index is 12.6. The molecule has 3 aromatic carbocycles. The SMILES string of the molecule is Cc1ccccc1[C@H](OC[C@H](O)Cn1nnc2ccccc2c1=O)c1ccccc1. The number of rotatable bonds is 7. The summed E-state index contributed by atoms with van der Waals surface area (Å²) in [5.74, 6) is 0. The second kappa shape index (κ2) is 8.98. The molecule has 2 atom stereocenters. The average molecular weight is 401 g/mol. The first-order valence-electron chi connectivity index (χ1n) is 9.86. The highest BCUT2D eigenvalue weighted by Gasteiger charge is 2.19. The molecule has 152 valence electrons. The molecule has 0 bridgehead atoms. The van der Waals surface area contributed by atoms with E-state index in [1.54, 1.807) is 24.3 Å². The van der Waals surface area contributed by atoms with Crippen molar-refractivity contribution >= 4 is 10.9 Å². The Morgan fingerprint density at radius 1 is 0.967 bits per heavy atom. The fourth-order valence-corrected chi connectivity index (χ4v) is 3.48. The standard InChI is InChI=1S/C24H23N3O3/c1-17-9-5-6-12-20(17)23(18-10-3-2-4-11-18)30-16-19(28)15-27-24(29)21-13-7-8-14-22(21)25-26-27/h2-14,19,23,28H,15-16H2,1H3/t19-,23-/m1/s1. The molecule has 1 heterocycles. The molecule has 0 radical (unpaired) electrons. The molecule has 0 aliphatic carbocycles. The lowest BCUT2D eigenvalue weighted by Crippen LogP contribution is -2.32. The minimum atomic E-state index is -0.909. The third-order valence-electron chi connectivity index (χ3n) is 5.04. The summed E-state index contributed by atoms with van der Waals surface area (Å²) in [6, 6.07) is 24.9. The molecule has 1 aromatic heterocycles.